The molecular formula is C8H14N4O2S. The molecular weight excluding hydrogens is 216 g/mol. The molecule has 2 N–H and O–H groups in total. The van der Waals surface area contributed by atoms with Crippen molar-refractivity contribution in [2.45, 2.75) is 0 Å². The second-order valence-electron chi connectivity index (χ2n) is 2.41. The quantitative estimate of drug-likeness (QED) is 0.219. The summed E-state index contributed by atoms with van der Waals surface area (Å²) in [5.74, 6) is -0.196. The average Bonchev–Trinajstić information content (AvgIpc) is 2.24. The van der Waals surface area contributed by atoms with Gasteiger partial charge in [0.1, 0.15) is 6.54 Å². The van der Waals surface area contributed by atoms with Crippen LogP contribution in [-0.4, -0.2) is 44.1 Å². The van der Waals surface area contributed by atoms with Gasteiger partial charge < -0.3 is 10.1 Å². The lowest BCUT2D eigenvalue weighted by Gasteiger charge is -2.02. The summed E-state index contributed by atoms with van der Waals surface area (Å²) in [4.78, 5) is 15.1. The van der Waals surface area contributed by atoms with Gasteiger partial charge >= 0.3 is 0 Å². The zero-order chi connectivity index (χ0) is 11.5. The SMILES string of the molecule is COCCNC(=O)CN=C(NC#N)SC. The van der Waals surface area contributed by atoms with Gasteiger partial charge in [0, 0.05) is 13.7 Å². The van der Waals surface area contributed by atoms with E-state index in [1.165, 1.54) is 11.8 Å². The predicted octanol–water partition coefficient (Wildman–Crippen LogP) is -0.461. The van der Waals surface area contributed by atoms with Crippen LogP contribution in [0.15, 0.2) is 4.99 Å². The highest BCUT2D eigenvalue weighted by molar-refractivity contribution is 8.13. The normalized spacial score (nSPS) is 10.6. The van der Waals surface area contributed by atoms with E-state index in [0.717, 1.165) is 0 Å². The van der Waals surface area contributed by atoms with Gasteiger partial charge in [-0.2, -0.15) is 5.26 Å². The van der Waals surface area contributed by atoms with E-state index in [4.69, 9.17) is 10.00 Å². The number of carbonyl (C=O) groups is 1. The number of rotatable bonds is 5. The van der Waals surface area contributed by atoms with E-state index in [0.29, 0.717) is 18.3 Å². The van der Waals surface area contributed by atoms with E-state index >= 15 is 0 Å². The number of aliphatic imine (C=N–C) groups is 1. The molecule has 0 atom stereocenters. The van der Waals surface area contributed by atoms with Crippen molar-refractivity contribution in [3.05, 3.63) is 0 Å². The van der Waals surface area contributed by atoms with Crippen molar-refractivity contribution in [1.29, 1.82) is 5.26 Å². The second kappa shape index (κ2) is 9.30. The van der Waals surface area contributed by atoms with Gasteiger partial charge in [-0.15, -0.1) is 0 Å². The summed E-state index contributed by atoms with van der Waals surface area (Å²) in [5, 5.41) is 13.7. The van der Waals surface area contributed by atoms with E-state index in [9.17, 15) is 4.79 Å². The standard InChI is InChI=1S/C8H14N4O2S/c1-14-4-3-10-7(13)5-11-8(15-2)12-6-9/h3-5H2,1-2H3,(H,10,13)(H,11,12). The highest BCUT2D eigenvalue weighted by atomic mass is 32.2. The molecule has 6 nitrogen and oxygen atoms in total. The highest BCUT2D eigenvalue weighted by Gasteiger charge is 2.00. The van der Waals surface area contributed by atoms with E-state index < -0.39 is 0 Å². The lowest BCUT2D eigenvalue weighted by molar-refractivity contribution is -0.119. The zero-order valence-corrected chi connectivity index (χ0v) is 9.56. The van der Waals surface area contributed by atoms with Crippen LogP contribution >= 0.6 is 11.8 Å². The summed E-state index contributed by atoms with van der Waals surface area (Å²) in [6, 6.07) is 0. The number of methoxy groups -OCH3 is 1. The van der Waals surface area contributed by atoms with Gasteiger partial charge in [-0.05, 0) is 6.26 Å². The van der Waals surface area contributed by atoms with Crippen molar-refractivity contribution in [2.24, 2.45) is 4.99 Å². The molecule has 0 rings (SSSR count). The van der Waals surface area contributed by atoms with Gasteiger partial charge in [-0.3, -0.25) is 15.1 Å². The number of nitriles is 1. The molecule has 0 aromatic carbocycles. The zero-order valence-electron chi connectivity index (χ0n) is 8.74. The molecule has 0 aliphatic heterocycles. The Kier molecular flexibility index (Phi) is 8.52. The van der Waals surface area contributed by atoms with Crippen molar-refractivity contribution < 1.29 is 9.53 Å². The molecule has 0 fully saturated rings. The van der Waals surface area contributed by atoms with Gasteiger partial charge in [0.2, 0.25) is 5.91 Å². The minimum absolute atomic E-state index is 0.00850. The molecule has 84 valence electrons. The molecule has 1 amide bonds. The minimum Gasteiger partial charge on any atom is -0.383 e. The van der Waals surface area contributed by atoms with Crippen LogP contribution in [0.5, 0.6) is 0 Å². The fourth-order valence-corrected chi connectivity index (χ4v) is 1.04. The number of hydrogen-bond acceptors (Lipinski definition) is 5. The molecule has 0 spiro atoms. The van der Waals surface area contributed by atoms with Crippen LogP contribution in [0.4, 0.5) is 0 Å². The van der Waals surface area contributed by atoms with Crippen molar-refractivity contribution >= 4 is 22.8 Å². The maximum absolute atomic E-state index is 11.1. The Morgan fingerprint density at radius 2 is 2.40 bits per heavy atom. The van der Waals surface area contributed by atoms with Gasteiger partial charge in [0.05, 0.1) is 6.61 Å². The van der Waals surface area contributed by atoms with E-state index in [-0.39, 0.29) is 12.5 Å². The van der Waals surface area contributed by atoms with Crippen molar-refractivity contribution in [3.8, 4) is 6.19 Å². The number of hydrogen-bond donors (Lipinski definition) is 2. The number of nitrogens with one attached hydrogen (secondary N) is 2. The summed E-state index contributed by atoms with van der Waals surface area (Å²) in [6.45, 7) is 0.945. The Bertz CT molecular complexity index is 262. The third kappa shape index (κ3) is 7.78. The summed E-state index contributed by atoms with van der Waals surface area (Å²) in [5.41, 5.74) is 0. The third-order valence-corrected chi connectivity index (χ3v) is 1.97. The van der Waals surface area contributed by atoms with Crippen LogP contribution in [0, 0.1) is 11.5 Å². The van der Waals surface area contributed by atoms with Gasteiger partial charge in [0.25, 0.3) is 0 Å². The van der Waals surface area contributed by atoms with Crippen LogP contribution < -0.4 is 10.6 Å². The predicted molar refractivity (Wildman–Crippen MR) is 59.5 cm³/mol. The molecule has 0 unspecified atom stereocenters. The Hall–Kier alpha value is -1.26. The first-order chi connectivity index (χ1) is 7.24. The molecule has 0 aliphatic rings. The first-order valence-corrected chi connectivity index (χ1v) is 5.46. The van der Waals surface area contributed by atoms with Crippen LogP contribution in [0.2, 0.25) is 0 Å². The largest absolute Gasteiger partial charge is 0.383 e. The number of thioether (sulfide) groups is 1. The molecule has 0 aromatic rings. The number of amides is 1. The Morgan fingerprint density at radius 3 is 2.93 bits per heavy atom. The Labute approximate surface area is 93.1 Å². The van der Waals surface area contributed by atoms with E-state index in [2.05, 4.69) is 15.6 Å². The first kappa shape index (κ1) is 13.7. The topological polar surface area (TPSA) is 86.5 Å². The Morgan fingerprint density at radius 1 is 1.67 bits per heavy atom. The molecule has 15 heavy (non-hydrogen) atoms. The summed E-state index contributed by atoms with van der Waals surface area (Å²) >= 11 is 1.28. The molecule has 0 heterocycles. The molecule has 0 radical (unpaired) electrons. The monoisotopic (exact) mass is 230 g/mol. The first-order valence-electron chi connectivity index (χ1n) is 4.23. The van der Waals surface area contributed by atoms with Gasteiger partial charge in [-0.1, -0.05) is 11.8 Å². The fraction of sp³-hybridized carbons (Fsp3) is 0.625. The number of amidine groups is 1. The third-order valence-electron chi connectivity index (χ3n) is 1.35. The number of ether oxygens (including phenoxy) is 1. The van der Waals surface area contributed by atoms with Crippen molar-refractivity contribution in [2.75, 3.05) is 33.1 Å². The maximum atomic E-state index is 11.1. The molecule has 0 aliphatic carbocycles. The summed E-state index contributed by atoms with van der Waals surface area (Å²) in [7, 11) is 1.56. The van der Waals surface area contributed by atoms with E-state index in [1.807, 2.05) is 0 Å². The van der Waals surface area contributed by atoms with Crippen LogP contribution in [0.25, 0.3) is 0 Å². The highest BCUT2D eigenvalue weighted by Crippen LogP contribution is 1.93. The van der Waals surface area contributed by atoms with Crippen LogP contribution in [0.3, 0.4) is 0 Å². The van der Waals surface area contributed by atoms with Crippen LogP contribution in [0.1, 0.15) is 0 Å². The molecule has 0 saturated heterocycles. The minimum atomic E-state index is -0.196. The summed E-state index contributed by atoms with van der Waals surface area (Å²) in [6.07, 6.45) is 3.51. The second-order valence-corrected chi connectivity index (χ2v) is 3.20. The number of nitrogens with zero attached hydrogens (tertiary/aromatic N) is 2. The molecule has 0 saturated carbocycles. The molecule has 0 aromatic heterocycles. The van der Waals surface area contributed by atoms with Crippen molar-refractivity contribution in [1.82, 2.24) is 10.6 Å². The molecule has 0 bridgehead atoms. The lowest BCUT2D eigenvalue weighted by Crippen LogP contribution is -2.29. The lowest BCUT2D eigenvalue weighted by atomic mass is 10.5. The molecule has 7 heteroatoms. The fourth-order valence-electron chi connectivity index (χ4n) is 0.695. The summed E-state index contributed by atoms with van der Waals surface area (Å²) < 4.78 is 4.77. The average molecular weight is 230 g/mol. The maximum Gasteiger partial charge on any atom is 0.241 e. The van der Waals surface area contributed by atoms with Crippen LogP contribution in [-0.2, 0) is 9.53 Å². The Balaban J connectivity index is 3.80. The van der Waals surface area contributed by atoms with E-state index in [1.54, 1.807) is 19.6 Å². The van der Waals surface area contributed by atoms with Gasteiger partial charge in [0.15, 0.2) is 11.4 Å². The number of carbonyl (C=O) groups excluding carboxylic acids is 1. The van der Waals surface area contributed by atoms with Gasteiger partial charge in [-0.25, -0.2) is 0 Å². The smallest absolute Gasteiger partial charge is 0.241 e. The van der Waals surface area contributed by atoms with Crippen molar-refractivity contribution in [3.63, 3.8) is 0 Å².